The highest BCUT2D eigenvalue weighted by atomic mass is 16.1. The lowest BCUT2D eigenvalue weighted by Gasteiger charge is -2.19. The topological polar surface area (TPSA) is 58.1 Å². The largest absolute Gasteiger partial charge is 0.347 e. The number of hydrogen-bond donors (Lipinski definition) is 1. The first-order valence-corrected chi connectivity index (χ1v) is 8.31. The average Bonchev–Trinajstić information content (AvgIpc) is 2.72. The molecule has 0 radical (unpaired) electrons. The zero-order valence-corrected chi connectivity index (χ0v) is 14.6. The van der Waals surface area contributed by atoms with Gasteiger partial charge in [-0.1, -0.05) is 54.6 Å². The number of rotatable bonds is 6. The minimum absolute atomic E-state index is 0.257. The van der Waals surface area contributed by atoms with Crippen LogP contribution in [0.25, 0.3) is 11.4 Å². The van der Waals surface area contributed by atoms with Crippen LogP contribution in [0.1, 0.15) is 10.5 Å². The minimum atomic E-state index is -0.257. The summed E-state index contributed by atoms with van der Waals surface area (Å²) >= 11 is 0. The zero-order chi connectivity index (χ0) is 18.4. The molecule has 0 fully saturated rings. The SMILES string of the molecule is C=CCNC(=O)c1cc(N(C)c2ccccc2)nc(-c2ccccc2)n1. The summed E-state index contributed by atoms with van der Waals surface area (Å²) in [6, 6.07) is 21.2. The Morgan fingerprint density at radius 2 is 1.73 bits per heavy atom. The van der Waals surface area contributed by atoms with Crippen LogP contribution in [0.3, 0.4) is 0 Å². The van der Waals surface area contributed by atoms with E-state index in [1.54, 1.807) is 12.1 Å². The molecule has 0 bridgehead atoms. The highest BCUT2D eigenvalue weighted by Crippen LogP contribution is 2.25. The molecule has 0 aliphatic carbocycles. The van der Waals surface area contributed by atoms with Crippen LogP contribution in [0.2, 0.25) is 0 Å². The first-order chi connectivity index (χ1) is 12.7. The summed E-state index contributed by atoms with van der Waals surface area (Å²) in [4.78, 5) is 23.5. The zero-order valence-electron chi connectivity index (χ0n) is 14.6. The van der Waals surface area contributed by atoms with Crippen molar-refractivity contribution in [2.45, 2.75) is 0 Å². The Hall–Kier alpha value is -3.47. The lowest BCUT2D eigenvalue weighted by Crippen LogP contribution is -2.25. The number of hydrogen-bond acceptors (Lipinski definition) is 4. The highest BCUT2D eigenvalue weighted by molar-refractivity contribution is 5.93. The molecule has 5 nitrogen and oxygen atoms in total. The average molecular weight is 344 g/mol. The summed E-state index contributed by atoms with van der Waals surface area (Å²) in [6.07, 6.45) is 1.63. The van der Waals surface area contributed by atoms with Crippen molar-refractivity contribution in [2.24, 2.45) is 0 Å². The van der Waals surface area contributed by atoms with Gasteiger partial charge in [0.05, 0.1) is 0 Å². The first kappa shape index (κ1) is 17.4. The third kappa shape index (κ3) is 3.95. The highest BCUT2D eigenvalue weighted by Gasteiger charge is 2.15. The molecule has 130 valence electrons. The van der Waals surface area contributed by atoms with Gasteiger partial charge in [0.15, 0.2) is 5.82 Å². The van der Waals surface area contributed by atoms with Crippen molar-refractivity contribution in [3.05, 3.63) is 85.1 Å². The van der Waals surface area contributed by atoms with Crippen molar-refractivity contribution in [2.75, 3.05) is 18.5 Å². The fourth-order valence-electron chi connectivity index (χ4n) is 2.48. The van der Waals surface area contributed by atoms with Crippen molar-refractivity contribution in [3.63, 3.8) is 0 Å². The second-order valence-corrected chi connectivity index (χ2v) is 5.69. The van der Waals surface area contributed by atoms with E-state index in [9.17, 15) is 4.79 Å². The van der Waals surface area contributed by atoms with Crippen LogP contribution in [0.5, 0.6) is 0 Å². The molecule has 3 aromatic rings. The van der Waals surface area contributed by atoms with Crippen molar-refractivity contribution in [1.82, 2.24) is 15.3 Å². The molecule has 5 heteroatoms. The molecule has 26 heavy (non-hydrogen) atoms. The molecule has 1 heterocycles. The van der Waals surface area contributed by atoms with Gasteiger partial charge in [-0.2, -0.15) is 0 Å². The Kier molecular flexibility index (Phi) is 5.39. The summed E-state index contributed by atoms with van der Waals surface area (Å²) in [7, 11) is 1.91. The summed E-state index contributed by atoms with van der Waals surface area (Å²) < 4.78 is 0. The second kappa shape index (κ2) is 8.07. The van der Waals surface area contributed by atoms with Gasteiger partial charge in [-0.3, -0.25) is 4.79 Å². The number of anilines is 2. The van der Waals surface area contributed by atoms with E-state index in [4.69, 9.17) is 0 Å². The van der Waals surface area contributed by atoms with E-state index in [0.29, 0.717) is 23.9 Å². The van der Waals surface area contributed by atoms with E-state index in [-0.39, 0.29) is 5.91 Å². The van der Waals surface area contributed by atoms with Crippen molar-refractivity contribution in [1.29, 1.82) is 0 Å². The van der Waals surface area contributed by atoms with Crippen LogP contribution in [-0.4, -0.2) is 29.5 Å². The molecular formula is C21H20N4O. The number of aromatic nitrogens is 2. The van der Waals surface area contributed by atoms with E-state index in [2.05, 4.69) is 21.9 Å². The van der Waals surface area contributed by atoms with Crippen molar-refractivity contribution in [3.8, 4) is 11.4 Å². The van der Waals surface area contributed by atoms with Gasteiger partial charge in [0.25, 0.3) is 5.91 Å². The Morgan fingerprint density at radius 1 is 1.08 bits per heavy atom. The number of para-hydroxylation sites is 1. The van der Waals surface area contributed by atoms with E-state index < -0.39 is 0 Å². The fourth-order valence-corrected chi connectivity index (χ4v) is 2.48. The molecule has 0 unspecified atom stereocenters. The number of carbonyl (C=O) groups excluding carboxylic acids is 1. The molecule has 0 saturated carbocycles. The summed E-state index contributed by atoms with van der Waals surface area (Å²) in [5, 5.41) is 2.77. The Labute approximate surface area is 153 Å². The van der Waals surface area contributed by atoms with E-state index >= 15 is 0 Å². The quantitative estimate of drug-likeness (QED) is 0.691. The predicted molar refractivity (Wildman–Crippen MR) is 105 cm³/mol. The van der Waals surface area contributed by atoms with Gasteiger partial charge in [0.1, 0.15) is 11.5 Å². The minimum Gasteiger partial charge on any atom is -0.347 e. The molecule has 1 aromatic heterocycles. The lowest BCUT2D eigenvalue weighted by molar-refractivity contribution is 0.0953. The van der Waals surface area contributed by atoms with Crippen LogP contribution in [0, 0.1) is 0 Å². The molecule has 0 aliphatic heterocycles. The second-order valence-electron chi connectivity index (χ2n) is 5.69. The van der Waals surface area contributed by atoms with Gasteiger partial charge in [-0.25, -0.2) is 9.97 Å². The van der Waals surface area contributed by atoms with Crippen LogP contribution >= 0.6 is 0 Å². The smallest absolute Gasteiger partial charge is 0.270 e. The van der Waals surface area contributed by atoms with Crippen LogP contribution < -0.4 is 10.2 Å². The normalized spacial score (nSPS) is 10.2. The van der Waals surface area contributed by atoms with Crippen LogP contribution in [0.15, 0.2) is 79.4 Å². The van der Waals surface area contributed by atoms with E-state index in [1.165, 1.54) is 0 Å². The van der Waals surface area contributed by atoms with E-state index in [1.807, 2.05) is 72.6 Å². The Bertz CT molecular complexity index is 894. The summed E-state index contributed by atoms with van der Waals surface area (Å²) in [5.41, 5.74) is 2.15. The molecule has 1 N–H and O–H groups in total. The molecule has 2 aromatic carbocycles. The van der Waals surface area contributed by atoms with Gasteiger partial charge in [-0.05, 0) is 12.1 Å². The van der Waals surface area contributed by atoms with Gasteiger partial charge < -0.3 is 10.2 Å². The van der Waals surface area contributed by atoms with Gasteiger partial charge in [0, 0.05) is 30.9 Å². The van der Waals surface area contributed by atoms with Gasteiger partial charge in [0.2, 0.25) is 0 Å². The number of amides is 1. The number of nitrogens with one attached hydrogen (secondary N) is 1. The molecular weight excluding hydrogens is 324 g/mol. The first-order valence-electron chi connectivity index (χ1n) is 8.31. The molecule has 0 atom stereocenters. The molecule has 0 spiro atoms. The third-order valence-electron chi connectivity index (χ3n) is 3.87. The lowest BCUT2D eigenvalue weighted by atomic mass is 10.2. The maximum Gasteiger partial charge on any atom is 0.270 e. The van der Waals surface area contributed by atoms with Crippen molar-refractivity contribution < 1.29 is 4.79 Å². The summed E-state index contributed by atoms with van der Waals surface area (Å²) in [5.74, 6) is 0.899. The maximum atomic E-state index is 12.4. The molecule has 0 saturated heterocycles. The number of nitrogens with zero attached hydrogens (tertiary/aromatic N) is 3. The van der Waals surface area contributed by atoms with Crippen LogP contribution in [-0.2, 0) is 0 Å². The molecule has 3 rings (SSSR count). The monoisotopic (exact) mass is 344 g/mol. The molecule has 1 amide bonds. The van der Waals surface area contributed by atoms with Gasteiger partial charge in [-0.15, -0.1) is 6.58 Å². The standard InChI is InChI=1S/C21H20N4O/c1-3-14-22-21(26)18-15-19(25(2)17-12-8-5-9-13-17)24-20(23-18)16-10-6-4-7-11-16/h3-13,15H,1,14H2,2H3,(H,22,26). The van der Waals surface area contributed by atoms with Crippen LogP contribution in [0.4, 0.5) is 11.5 Å². The number of benzene rings is 2. The summed E-state index contributed by atoms with van der Waals surface area (Å²) in [6.45, 7) is 4.00. The van der Waals surface area contributed by atoms with Crippen molar-refractivity contribution >= 4 is 17.4 Å². The Balaban J connectivity index is 2.05. The predicted octanol–water partition coefficient (Wildman–Crippen LogP) is 3.83. The molecule has 0 aliphatic rings. The van der Waals surface area contributed by atoms with E-state index in [0.717, 1.165) is 11.3 Å². The Morgan fingerprint density at radius 3 is 2.38 bits per heavy atom. The third-order valence-corrected chi connectivity index (χ3v) is 3.87. The maximum absolute atomic E-state index is 12.4. The number of carbonyl (C=O) groups is 1. The van der Waals surface area contributed by atoms with Gasteiger partial charge >= 0.3 is 0 Å². The fraction of sp³-hybridized carbons (Fsp3) is 0.0952.